The van der Waals surface area contributed by atoms with Crippen molar-refractivity contribution in [2.45, 2.75) is 54.4 Å². The zero-order valence-electron chi connectivity index (χ0n) is 29.2. The van der Waals surface area contributed by atoms with Crippen LogP contribution in [0, 0.1) is 6.92 Å². The number of aryl methyl sites for hydroxylation is 1. The molecule has 3 aromatic carbocycles. The van der Waals surface area contributed by atoms with Crippen LogP contribution < -0.4 is 11.5 Å². The lowest BCUT2D eigenvalue weighted by atomic mass is 9.91. The Kier molecular flexibility index (Phi) is 11.4. The van der Waals surface area contributed by atoms with Gasteiger partial charge >= 0.3 is 0 Å². The standard InChI is InChI=1S/C21H20N4.C21H21N3O2.CH4/c1-3-17-18(15-8-9-19-16(10-15)11-24-25-19)12-23-21(22)20(17)14-6-4-13(2)5-7-14;1-3-16-17(14-7-10-18(23-11-14)19(26)4-2)12-24-21(22)20(16)13-5-8-15(25)9-6-13;/h4-12H,3H2,1-2H3,(H2,22,23)(H,24,25);5-12,25H,3-4H2,1-2H3,(H2,22,24);1H4. The van der Waals surface area contributed by atoms with Crippen molar-refractivity contribution in [1.29, 1.82) is 0 Å². The number of rotatable bonds is 8. The average Bonchev–Trinajstić information content (AvgIpc) is 3.64. The molecular weight excluding hydrogens is 647 g/mol. The molecule has 0 aliphatic heterocycles. The first-order valence-electron chi connectivity index (χ1n) is 17.1. The fraction of sp³-hybridized carbons (Fsp3) is 0.186. The Balaban J connectivity index is 0.000000197. The van der Waals surface area contributed by atoms with Gasteiger partial charge in [0, 0.05) is 58.2 Å². The van der Waals surface area contributed by atoms with Crippen LogP contribution in [0.15, 0.2) is 104 Å². The van der Waals surface area contributed by atoms with Crippen LogP contribution in [-0.4, -0.2) is 36.0 Å². The lowest BCUT2D eigenvalue weighted by molar-refractivity contribution is 0.0983. The van der Waals surface area contributed by atoms with Crippen LogP contribution in [-0.2, 0) is 12.8 Å². The van der Waals surface area contributed by atoms with Crippen LogP contribution in [0.4, 0.5) is 11.6 Å². The first-order chi connectivity index (χ1) is 24.7. The minimum absolute atomic E-state index is 0. The number of Topliss-reactive ketones (excluding diaryl/α,β-unsaturated/α-hetero) is 1. The SMILES string of the molecule is C.CCC(=O)c1ccc(-c2cnc(N)c(-c3ccc(O)cc3)c2CC)cn1.CCc1c(-c2ccc3[nH]ncc3c2)cnc(N)c1-c1ccc(C)cc1. The van der Waals surface area contributed by atoms with Crippen molar-refractivity contribution in [2.24, 2.45) is 0 Å². The number of ketones is 1. The number of benzene rings is 3. The number of nitrogen functional groups attached to an aromatic ring is 2. The van der Waals surface area contributed by atoms with Crippen molar-refractivity contribution in [1.82, 2.24) is 25.1 Å². The normalized spacial score (nSPS) is 10.7. The van der Waals surface area contributed by atoms with Crippen molar-refractivity contribution in [2.75, 3.05) is 11.5 Å². The fourth-order valence-electron chi connectivity index (χ4n) is 6.37. The highest BCUT2D eigenvalue weighted by Gasteiger charge is 2.17. The van der Waals surface area contributed by atoms with Gasteiger partial charge in [-0.15, -0.1) is 0 Å². The Bertz CT molecular complexity index is 2310. The molecular formula is C43H45N7O2. The predicted molar refractivity (Wildman–Crippen MR) is 213 cm³/mol. The van der Waals surface area contributed by atoms with E-state index in [0.717, 1.165) is 73.8 Å². The second-order valence-electron chi connectivity index (χ2n) is 12.3. The maximum Gasteiger partial charge on any atom is 0.180 e. The quantitative estimate of drug-likeness (QED) is 0.115. The van der Waals surface area contributed by atoms with Gasteiger partial charge in [-0.25, -0.2) is 9.97 Å². The number of hydrogen-bond acceptors (Lipinski definition) is 8. The van der Waals surface area contributed by atoms with E-state index in [1.54, 1.807) is 30.6 Å². The summed E-state index contributed by atoms with van der Waals surface area (Å²) in [7, 11) is 0. The lowest BCUT2D eigenvalue weighted by Crippen LogP contribution is -2.03. The van der Waals surface area contributed by atoms with Crippen molar-refractivity contribution in [3.8, 4) is 50.3 Å². The van der Waals surface area contributed by atoms with Gasteiger partial charge in [0.25, 0.3) is 0 Å². The number of nitrogens with zero attached hydrogens (tertiary/aromatic N) is 4. The van der Waals surface area contributed by atoms with E-state index < -0.39 is 0 Å². The molecule has 7 aromatic rings. The van der Waals surface area contributed by atoms with Crippen LogP contribution in [0.25, 0.3) is 55.4 Å². The minimum Gasteiger partial charge on any atom is -0.508 e. The molecule has 0 atom stereocenters. The van der Waals surface area contributed by atoms with Crippen molar-refractivity contribution < 1.29 is 9.90 Å². The first kappa shape index (κ1) is 36.9. The summed E-state index contributed by atoms with van der Waals surface area (Å²) >= 11 is 0. The second-order valence-corrected chi connectivity index (χ2v) is 12.3. The van der Waals surface area contributed by atoms with E-state index in [9.17, 15) is 9.90 Å². The number of hydrogen-bond donors (Lipinski definition) is 4. The highest BCUT2D eigenvalue weighted by Crippen LogP contribution is 2.38. The molecule has 264 valence electrons. The molecule has 0 bridgehead atoms. The maximum absolute atomic E-state index is 11.8. The third-order valence-corrected chi connectivity index (χ3v) is 9.07. The van der Waals surface area contributed by atoms with E-state index >= 15 is 0 Å². The summed E-state index contributed by atoms with van der Waals surface area (Å²) in [6, 6.07) is 25.3. The van der Waals surface area contributed by atoms with Crippen molar-refractivity contribution >= 4 is 28.3 Å². The number of phenolic OH excluding ortho intramolecular Hbond substituents is 1. The van der Waals surface area contributed by atoms with Crippen LogP contribution >= 0.6 is 0 Å². The van der Waals surface area contributed by atoms with Gasteiger partial charge in [0.05, 0.1) is 11.7 Å². The van der Waals surface area contributed by atoms with Crippen LogP contribution in [0.2, 0.25) is 0 Å². The molecule has 7 rings (SSSR count). The Labute approximate surface area is 304 Å². The Morgan fingerprint density at radius 3 is 1.75 bits per heavy atom. The summed E-state index contributed by atoms with van der Waals surface area (Å²) in [6.45, 7) is 8.13. The van der Waals surface area contributed by atoms with Crippen molar-refractivity contribution in [3.05, 3.63) is 126 Å². The predicted octanol–water partition coefficient (Wildman–Crippen LogP) is 9.63. The second kappa shape index (κ2) is 16.1. The number of aromatic nitrogens is 5. The molecule has 0 amide bonds. The number of phenols is 1. The third kappa shape index (κ3) is 7.54. The molecule has 9 heteroatoms. The van der Waals surface area contributed by atoms with Gasteiger partial charge < -0.3 is 16.6 Å². The van der Waals surface area contributed by atoms with E-state index in [0.29, 0.717) is 23.8 Å². The number of anilines is 2. The van der Waals surface area contributed by atoms with Gasteiger partial charge in [-0.1, -0.05) is 82.3 Å². The number of carbonyl (C=O) groups is 1. The molecule has 4 aromatic heterocycles. The number of aromatic hydroxyl groups is 1. The van der Waals surface area contributed by atoms with Gasteiger partial charge in [0.15, 0.2) is 5.78 Å². The summed E-state index contributed by atoms with van der Waals surface area (Å²) in [4.78, 5) is 24.9. The molecule has 0 radical (unpaired) electrons. The first-order valence-corrected chi connectivity index (χ1v) is 17.1. The maximum atomic E-state index is 11.8. The summed E-state index contributed by atoms with van der Waals surface area (Å²) in [5, 5.41) is 17.7. The number of carbonyl (C=O) groups excluding carboxylic acids is 1. The minimum atomic E-state index is 0. The molecule has 0 saturated carbocycles. The number of aromatic amines is 1. The van der Waals surface area contributed by atoms with E-state index in [4.69, 9.17) is 11.5 Å². The van der Waals surface area contributed by atoms with Crippen LogP contribution in [0.3, 0.4) is 0 Å². The highest BCUT2D eigenvalue weighted by molar-refractivity contribution is 5.94. The van der Waals surface area contributed by atoms with E-state index in [-0.39, 0.29) is 19.0 Å². The monoisotopic (exact) mass is 691 g/mol. The summed E-state index contributed by atoms with van der Waals surface area (Å²) in [6.07, 6.45) is 9.25. The van der Waals surface area contributed by atoms with Gasteiger partial charge in [-0.2, -0.15) is 5.10 Å². The molecule has 0 aliphatic rings. The number of H-pyrrole nitrogens is 1. The Morgan fingerprint density at radius 1 is 0.673 bits per heavy atom. The summed E-state index contributed by atoms with van der Waals surface area (Å²) in [5.74, 6) is 1.25. The van der Waals surface area contributed by atoms with Crippen molar-refractivity contribution in [3.63, 3.8) is 0 Å². The van der Waals surface area contributed by atoms with Gasteiger partial charge in [-0.3, -0.25) is 14.9 Å². The smallest absolute Gasteiger partial charge is 0.180 e. The topological polar surface area (TPSA) is 157 Å². The molecule has 4 heterocycles. The van der Waals surface area contributed by atoms with E-state index in [1.165, 1.54) is 11.1 Å². The number of pyridine rings is 3. The fourth-order valence-corrected chi connectivity index (χ4v) is 6.37. The molecule has 0 aliphatic carbocycles. The summed E-state index contributed by atoms with van der Waals surface area (Å²) < 4.78 is 0. The molecule has 9 nitrogen and oxygen atoms in total. The van der Waals surface area contributed by atoms with E-state index in [1.807, 2.05) is 37.5 Å². The van der Waals surface area contributed by atoms with E-state index in [2.05, 4.69) is 88.4 Å². The molecule has 0 saturated heterocycles. The lowest BCUT2D eigenvalue weighted by Gasteiger charge is -2.16. The van der Waals surface area contributed by atoms with Gasteiger partial charge in [0.2, 0.25) is 0 Å². The molecule has 0 spiro atoms. The Hall–Kier alpha value is -6.35. The zero-order chi connectivity index (χ0) is 36.1. The molecule has 6 N–H and O–H groups in total. The largest absolute Gasteiger partial charge is 0.508 e. The number of fused-ring (bicyclic) bond motifs is 1. The Morgan fingerprint density at radius 2 is 1.21 bits per heavy atom. The average molecular weight is 692 g/mol. The zero-order valence-corrected chi connectivity index (χ0v) is 29.2. The third-order valence-electron chi connectivity index (χ3n) is 9.07. The van der Waals surface area contributed by atoms with Gasteiger partial charge in [0.1, 0.15) is 23.1 Å². The number of nitrogens with two attached hydrogens (primary N) is 2. The van der Waals surface area contributed by atoms with Gasteiger partial charge in [-0.05, 0) is 77.9 Å². The summed E-state index contributed by atoms with van der Waals surface area (Å²) in [5.41, 5.74) is 25.4. The molecule has 52 heavy (non-hydrogen) atoms. The van der Waals surface area contributed by atoms with Crippen LogP contribution in [0.1, 0.15) is 61.8 Å². The highest BCUT2D eigenvalue weighted by atomic mass is 16.3. The molecule has 0 fully saturated rings. The number of nitrogens with one attached hydrogen (secondary N) is 1. The molecule has 0 unspecified atom stereocenters. The van der Waals surface area contributed by atoms with Crippen LogP contribution in [0.5, 0.6) is 5.75 Å².